The second-order valence-electron chi connectivity index (χ2n) is 2.45. The molecule has 0 saturated carbocycles. The molecule has 3 nitrogen and oxygen atoms in total. The summed E-state index contributed by atoms with van der Waals surface area (Å²) in [4.78, 5) is 0. The lowest BCUT2D eigenvalue weighted by atomic mass is 10.3. The minimum absolute atomic E-state index is 0.139. The summed E-state index contributed by atoms with van der Waals surface area (Å²) in [6, 6.07) is 0. The third kappa shape index (κ3) is 2.11. The molecule has 0 atom stereocenters. The summed E-state index contributed by atoms with van der Waals surface area (Å²) >= 11 is 2.92. The minimum atomic E-state index is -5.29. The molecule has 14 heavy (non-hydrogen) atoms. The molecule has 0 aromatic heterocycles. The summed E-state index contributed by atoms with van der Waals surface area (Å²) in [5, 5.41) is 0. The Kier molecular flexibility index (Phi) is 2.96. The molecule has 0 spiro atoms. The maximum atomic E-state index is 12.0. The summed E-state index contributed by atoms with van der Waals surface area (Å²) in [5.41, 5.74) is -5.28. The van der Waals surface area contributed by atoms with Crippen molar-refractivity contribution in [3.8, 4) is 0 Å². The number of nitrogens with zero attached hydrogens (tertiary/aromatic N) is 1. The minimum Gasteiger partial charge on any atom is -0.245 e. The summed E-state index contributed by atoms with van der Waals surface area (Å²) < 4.78 is 58.3. The lowest BCUT2D eigenvalue weighted by Gasteiger charge is -2.20. The van der Waals surface area contributed by atoms with Gasteiger partial charge >= 0.3 is 15.5 Å². The van der Waals surface area contributed by atoms with Gasteiger partial charge in [-0.05, 0) is 0 Å². The number of allylic oxidation sites excluding steroid dienone is 2. The standard InChI is InChI=1S/C6H5BrF3NO2S/c7-5-2-1-3-11(4-5)14(12,13)6(8,9)10/h1,3-4H,2H2. The quantitative estimate of drug-likeness (QED) is 0.743. The Balaban J connectivity index is 3.07. The van der Waals surface area contributed by atoms with Crippen LogP contribution in [0.25, 0.3) is 0 Å². The van der Waals surface area contributed by atoms with Crippen LogP contribution in [0.15, 0.2) is 23.0 Å². The van der Waals surface area contributed by atoms with Crippen molar-refractivity contribution in [2.24, 2.45) is 0 Å². The zero-order chi connectivity index (χ0) is 11.0. The molecule has 0 N–H and O–H groups in total. The smallest absolute Gasteiger partial charge is 0.245 e. The molecule has 0 saturated heterocycles. The number of sulfonamides is 1. The average molecular weight is 292 g/mol. The first-order valence-electron chi connectivity index (χ1n) is 3.38. The van der Waals surface area contributed by atoms with E-state index in [1.165, 1.54) is 6.08 Å². The molecule has 0 unspecified atom stereocenters. The van der Waals surface area contributed by atoms with Crippen molar-refractivity contribution in [3.63, 3.8) is 0 Å². The van der Waals surface area contributed by atoms with Crippen molar-refractivity contribution in [2.45, 2.75) is 11.9 Å². The molecule has 0 aromatic carbocycles. The average Bonchev–Trinajstić information content (AvgIpc) is 2.02. The van der Waals surface area contributed by atoms with Gasteiger partial charge in [-0.15, -0.1) is 0 Å². The first-order valence-corrected chi connectivity index (χ1v) is 5.61. The molecule has 1 heterocycles. The van der Waals surface area contributed by atoms with Gasteiger partial charge in [-0.3, -0.25) is 0 Å². The second-order valence-corrected chi connectivity index (χ2v) is 5.30. The van der Waals surface area contributed by atoms with Gasteiger partial charge in [0.2, 0.25) is 0 Å². The second kappa shape index (κ2) is 3.58. The van der Waals surface area contributed by atoms with Crippen LogP contribution in [0.4, 0.5) is 13.2 Å². The maximum absolute atomic E-state index is 12.0. The fourth-order valence-electron chi connectivity index (χ4n) is 0.772. The van der Waals surface area contributed by atoms with Crippen molar-refractivity contribution in [1.29, 1.82) is 0 Å². The highest BCUT2D eigenvalue weighted by Crippen LogP contribution is 2.30. The molecule has 0 aliphatic carbocycles. The molecule has 0 aromatic rings. The molecular weight excluding hydrogens is 287 g/mol. The van der Waals surface area contributed by atoms with Gasteiger partial charge in [0.1, 0.15) is 0 Å². The third-order valence-corrected chi connectivity index (χ3v) is 3.30. The summed E-state index contributed by atoms with van der Waals surface area (Å²) in [5.74, 6) is 0. The van der Waals surface area contributed by atoms with E-state index in [1.807, 2.05) is 0 Å². The molecular formula is C6H5BrF3NO2S. The van der Waals surface area contributed by atoms with E-state index in [-0.39, 0.29) is 4.31 Å². The Bertz CT molecular complexity index is 384. The zero-order valence-electron chi connectivity index (χ0n) is 6.62. The van der Waals surface area contributed by atoms with Crippen molar-refractivity contribution in [1.82, 2.24) is 4.31 Å². The van der Waals surface area contributed by atoms with E-state index in [2.05, 4.69) is 15.9 Å². The maximum Gasteiger partial charge on any atom is 0.517 e. The van der Waals surface area contributed by atoms with Gasteiger partial charge in [0.05, 0.1) is 0 Å². The van der Waals surface area contributed by atoms with Crippen LogP contribution in [-0.4, -0.2) is 18.2 Å². The van der Waals surface area contributed by atoms with Crippen LogP contribution in [0.3, 0.4) is 0 Å². The first kappa shape index (κ1) is 11.6. The lowest BCUT2D eigenvalue weighted by molar-refractivity contribution is -0.0468. The van der Waals surface area contributed by atoms with Gasteiger partial charge in [-0.25, -0.2) is 4.31 Å². The molecule has 80 valence electrons. The van der Waals surface area contributed by atoms with Crippen LogP contribution >= 0.6 is 15.9 Å². The molecule has 1 aliphatic heterocycles. The van der Waals surface area contributed by atoms with E-state index in [9.17, 15) is 21.6 Å². The Morgan fingerprint density at radius 3 is 2.43 bits per heavy atom. The highest BCUT2D eigenvalue weighted by molar-refractivity contribution is 9.11. The van der Waals surface area contributed by atoms with E-state index >= 15 is 0 Å². The summed E-state index contributed by atoms with van der Waals surface area (Å²) in [7, 11) is -5.29. The number of hydrogen-bond acceptors (Lipinski definition) is 2. The van der Waals surface area contributed by atoms with Gasteiger partial charge in [0.15, 0.2) is 0 Å². The Hall–Kier alpha value is -0.500. The number of rotatable bonds is 1. The van der Waals surface area contributed by atoms with E-state index in [4.69, 9.17) is 0 Å². The Labute approximate surface area is 87.1 Å². The number of hydrogen-bond donors (Lipinski definition) is 0. The normalized spacial score (nSPS) is 18.3. The van der Waals surface area contributed by atoms with E-state index in [0.29, 0.717) is 10.9 Å². The van der Waals surface area contributed by atoms with Crippen LogP contribution < -0.4 is 0 Å². The monoisotopic (exact) mass is 291 g/mol. The van der Waals surface area contributed by atoms with Gasteiger partial charge in [-0.1, -0.05) is 22.0 Å². The Morgan fingerprint density at radius 2 is 2.00 bits per heavy atom. The fraction of sp³-hybridized carbons (Fsp3) is 0.333. The van der Waals surface area contributed by atoms with Crippen molar-refractivity contribution >= 4 is 26.0 Å². The highest BCUT2D eigenvalue weighted by Gasteiger charge is 2.49. The lowest BCUT2D eigenvalue weighted by Crippen LogP contribution is -2.35. The van der Waals surface area contributed by atoms with Gasteiger partial charge in [0.25, 0.3) is 0 Å². The fourth-order valence-corrected chi connectivity index (χ4v) is 2.07. The van der Waals surface area contributed by atoms with Crippen LogP contribution in [0, 0.1) is 0 Å². The molecule has 8 heteroatoms. The van der Waals surface area contributed by atoms with Crippen LogP contribution in [0.2, 0.25) is 0 Å². The first-order chi connectivity index (χ1) is 6.25. The van der Waals surface area contributed by atoms with E-state index < -0.39 is 15.5 Å². The predicted octanol–water partition coefficient (Wildman–Crippen LogP) is 2.29. The van der Waals surface area contributed by atoms with E-state index in [0.717, 1.165) is 12.4 Å². The molecule has 1 rings (SSSR count). The van der Waals surface area contributed by atoms with Crippen LogP contribution in [0.1, 0.15) is 6.42 Å². The van der Waals surface area contributed by atoms with Crippen molar-refractivity contribution in [3.05, 3.63) is 23.0 Å². The zero-order valence-corrected chi connectivity index (χ0v) is 9.03. The summed E-state index contributed by atoms with van der Waals surface area (Å²) in [6.07, 6.45) is 3.44. The number of halogens is 4. The van der Waals surface area contributed by atoms with Crippen LogP contribution in [0.5, 0.6) is 0 Å². The molecule has 0 amide bonds. The largest absolute Gasteiger partial charge is 0.517 e. The topological polar surface area (TPSA) is 37.4 Å². The molecule has 0 bridgehead atoms. The van der Waals surface area contributed by atoms with Gasteiger partial charge < -0.3 is 0 Å². The van der Waals surface area contributed by atoms with Crippen molar-refractivity contribution in [2.75, 3.05) is 0 Å². The third-order valence-electron chi connectivity index (χ3n) is 1.40. The van der Waals surface area contributed by atoms with E-state index in [1.54, 1.807) is 0 Å². The SMILES string of the molecule is O=S(=O)(N1C=CCC(Br)=C1)C(F)(F)F. The highest BCUT2D eigenvalue weighted by atomic mass is 79.9. The van der Waals surface area contributed by atoms with Crippen molar-refractivity contribution < 1.29 is 21.6 Å². The summed E-state index contributed by atoms with van der Waals surface area (Å²) in [6.45, 7) is 0. The Morgan fingerprint density at radius 1 is 1.43 bits per heavy atom. The molecule has 1 aliphatic rings. The number of alkyl halides is 3. The predicted molar refractivity (Wildman–Crippen MR) is 47.6 cm³/mol. The molecule has 0 fully saturated rings. The molecule has 0 radical (unpaired) electrons. The van der Waals surface area contributed by atoms with Gasteiger partial charge in [-0.2, -0.15) is 21.6 Å². The van der Waals surface area contributed by atoms with Gasteiger partial charge in [0, 0.05) is 23.3 Å². The van der Waals surface area contributed by atoms with Crippen LogP contribution in [-0.2, 0) is 10.0 Å².